The molecule has 1 unspecified atom stereocenters. The number of hydrogen-bond acceptors (Lipinski definition) is 4. The number of aliphatic hydroxyl groups excluding tert-OH is 1. The highest BCUT2D eigenvalue weighted by Gasteiger charge is 2.11. The average molecular weight is 148 g/mol. The fraction of sp³-hybridized carbons (Fsp3) is 0.833. The van der Waals surface area contributed by atoms with Gasteiger partial charge in [0.05, 0.1) is 6.42 Å². The van der Waals surface area contributed by atoms with Crippen molar-refractivity contribution in [1.82, 2.24) is 0 Å². The summed E-state index contributed by atoms with van der Waals surface area (Å²) >= 11 is 0. The maximum Gasteiger partial charge on any atom is 0.342 e. The van der Waals surface area contributed by atoms with E-state index in [0.717, 1.165) is 0 Å². The smallest absolute Gasteiger partial charge is 0.342 e. The van der Waals surface area contributed by atoms with Crippen molar-refractivity contribution in [2.45, 2.75) is 19.8 Å². The molecule has 0 radical (unpaired) electrons. The minimum atomic E-state index is -0.694. The molecule has 0 aromatic rings. The van der Waals surface area contributed by atoms with Gasteiger partial charge in [-0.15, -0.1) is 0 Å². The highest BCUT2D eigenvalue weighted by atomic mass is 17.1. The van der Waals surface area contributed by atoms with Crippen LogP contribution in [0.3, 0.4) is 0 Å². The van der Waals surface area contributed by atoms with Crippen molar-refractivity contribution in [3.8, 4) is 0 Å². The molecule has 0 saturated carbocycles. The van der Waals surface area contributed by atoms with E-state index in [1.165, 1.54) is 0 Å². The Morgan fingerprint density at radius 2 is 2.30 bits per heavy atom. The van der Waals surface area contributed by atoms with E-state index in [4.69, 9.17) is 10.4 Å². The van der Waals surface area contributed by atoms with Crippen LogP contribution in [0.25, 0.3) is 0 Å². The zero-order valence-corrected chi connectivity index (χ0v) is 5.91. The molecule has 1 atom stereocenters. The molecule has 0 heterocycles. The molecule has 0 aliphatic rings. The van der Waals surface area contributed by atoms with Crippen LogP contribution in [0.5, 0.6) is 0 Å². The van der Waals surface area contributed by atoms with Gasteiger partial charge in [-0.1, -0.05) is 13.3 Å². The first-order chi connectivity index (χ1) is 4.74. The summed E-state index contributed by atoms with van der Waals surface area (Å²) in [5.74, 6) is -0.791. The summed E-state index contributed by atoms with van der Waals surface area (Å²) < 4.78 is 0. The Morgan fingerprint density at radius 3 is 2.60 bits per heavy atom. The van der Waals surface area contributed by atoms with Crippen LogP contribution in [-0.4, -0.2) is 22.9 Å². The fourth-order valence-corrected chi connectivity index (χ4v) is 0.611. The third-order valence-corrected chi connectivity index (χ3v) is 1.39. The molecule has 0 spiro atoms. The van der Waals surface area contributed by atoms with Gasteiger partial charge in [0, 0.05) is 6.61 Å². The highest BCUT2D eigenvalue weighted by Crippen LogP contribution is 2.06. The first-order valence-electron chi connectivity index (χ1n) is 3.19. The molecular formula is C6H12O4. The second kappa shape index (κ2) is 5.20. The van der Waals surface area contributed by atoms with Gasteiger partial charge in [0.1, 0.15) is 0 Å². The summed E-state index contributed by atoms with van der Waals surface area (Å²) in [6.07, 6.45) is 0.773. The minimum Gasteiger partial charge on any atom is -0.396 e. The summed E-state index contributed by atoms with van der Waals surface area (Å²) in [6, 6.07) is 0. The Balaban J connectivity index is 3.52. The quantitative estimate of drug-likeness (QED) is 0.447. The molecule has 0 bridgehead atoms. The lowest BCUT2D eigenvalue weighted by Gasteiger charge is -2.06. The van der Waals surface area contributed by atoms with Gasteiger partial charge in [0.15, 0.2) is 0 Å². The molecular weight excluding hydrogens is 136 g/mol. The molecule has 0 amide bonds. The zero-order valence-electron chi connectivity index (χ0n) is 5.91. The standard InChI is InChI=1S/C6H12O4/c1-2-5(4-7)3-6(8)10-9/h5,7,9H,2-4H2,1H3. The SMILES string of the molecule is CCC(CO)CC(=O)OO. The topological polar surface area (TPSA) is 66.8 Å². The number of rotatable bonds is 4. The minimum absolute atomic E-state index is 0.0500. The average Bonchev–Trinajstić information content (AvgIpc) is 1.99. The Kier molecular flexibility index (Phi) is 4.88. The van der Waals surface area contributed by atoms with Crippen molar-refractivity contribution < 1.29 is 20.0 Å². The van der Waals surface area contributed by atoms with Gasteiger partial charge in [0.25, 0.3) is 0 Å². The predicted octanol–water partition coefficient (Wildman–Crippen LogP) is 0.411. The molecule has 0 aliphatic carbocycles. The molecule has 0 saturated heterocycles. The Morgan fingerprint density at radius 1 is 1.70 bits per heavy atom. The van der Waals surface area contributed by atoms with Crippen molar-refractivity contribution in [1.29, 1.82) is 0 Å². The van der Waals surface area contributed by atoms with Crippen molar-refractivity contribution in [3.05, 3.63) is 0 Å². The molecule has 0 aromatic heterocycles. The van der Waals surface area contributed by atoms with E-state index in [-0.39, 0.29) is 18.9 Å². The van der Waals surface area contributed by atoms with Crippen molar-refractivity contribution in [2.75, 3.05) is 6.61 Å². The molecule has 0 aliphatic heterocycles. The van der Waals surface area contributed by atoms with Gasteiger partial charge in [-0.25, -0.2) is 4.79 Å². The normalized spacial score (nSPS) is 12.7. The highest BCUT2D eigenvalue weighted by molar-refractivity contribution is 5.68. The van der Waals surface area contributed by atoms with Gasteiger partial charge >= 0.3 is 5.97 Å². The lowest BCUT2D eigenvalue weighted by atomic mass is 10.0. The van der Waals surface area contributed by atoms with Gasteiger partial charge in [-0.3, -0.25) is 0 Å². The van der Waals surface area contributed by atoms with E-state index < -0.39 is 5.97 Å². The van der Waals surface area contributed by atoms with Crippen LogP contribution < -0.4 is 0 Å². The van der Waals surface area contributed by atoms with Crippen molar-refractivity contribution in [2.24, 2.45) is 5.92 Å². The van der Waals surface area contributed by atoms with E-state index in [2.05, 4.69) is 4.89 Å². The van der Waals surface area contributed by atoms with Gasteiger partial charge in [-0.2, -0.15) is 5.26 Å². The summed E-state index contributed by atoms with van der Waals surface area (Å²) in [5, 5.41) is 16.4. The van der Waals surface area contributed by atoms with E-state index >= 15 is 0 Å². The summed E-state index contributed by atoms with van der Waals surface area (Å²) in [5.41, 5.74) is 0. The maximum absolute atomic E-state index is 10.4. The van der Waals surface area contributed by atoms with Crippen LogP contribution in [0.15, 0.2) is 0 Å². The second-order valence-corrected chi connectivity index (χ2v) is 2.12. The maximum atomic E-state index is 10.4. The molecule has 4 heteroatoms. The van der Waals surface area contributed by atoms with Crippen LogP contribution in [0.1, 0.15) is 19.8 Å². The molecule has 4 nitrogen and oxygen atoms in total. The van der Waals surface area contributed by atoms with Crippen LogP contribution in [0, 0.1) is 5.92 Å². The van der Waals surface area contributed by atoms with Gasteiger partial charge < -0.3 is 9.99 Å². The van der Waals surface area contributed by atoms with E-state index in [1.807, 2.05) is 6.92 Å². The number of carbonyl (C=O) groups excluding carboxylic acids is 1. The second-order valence-electron chi connectivity index (χ2n) is 2.12. The van der Waals surface area contributed by atoms with Crippen molar-refractivity contribution >= 4 is 5.97 Å². The summed E-state index contributed by atoms with van der Waals surface area (Å²) in [7, 11) is 0. The van der Waals surface area contributed by atoms with Gasteiger partial charge in [-0.05, 0) is 5.92 Å². The molecule has 0 fully saturated rings. The molecule has 10 heavy (non-hydrogen) atoms. The van der Waals surface area contributed by atoms with Gasteiger partial charge in [0.2, 0.25) is 0 Å². The third kappa shape index (κ3) is 3.42. The van der Waals surface area contributed by atoms with Crippen LogP contribution >= 0.6 is 0 Å². The number of hydrogen-bond donors (Lipinski definition) is 2. The Labute approximate surface area is 59.4 Å². The molecule has 0 aromatic carbocycles. The number of carbonyl (C=O) groups is 1. The predicted molar refractivity (Wildman–Crippen MR) is 34.2 cm³/mol. The number of aliphatic hydroxyl groups is 1. The lowest BCUT2D eigenvalue weighted by molar-refractivity contribution is -0.235. The Bertz CT molecular complexity index is 97.9. The van der Waals surface area contributed by atoms with E-state index in [9.17, 15) is 4.79 Å². The molecule has 2 N–H and O–H groups in total. The molecule has 60 valence electrons. The molecule has 0 rings (SSSR count). The first-order valence-corrected chi connectivity index (χ1v) is 3.19. The van der Waals surface area contributed by atoms with Crippen LogP contribution in [0.2, 0.25) is 0 Å². The largest absolute Gasteiger partial charge is 0.396 e. The lowest BCUT2D eigenvalue weighted by Crippen LogP contribution is -2.12. The van der Waals surface area contributed by atoms with Crippen molar-refractivity contribution in [3.63, 3.8) is 0 Å². The van der Waals surface area contributed by atoms with E-state index in [1.54, 1.807) is 0 Å². The Hall–Kier alpha value is -0.610. The summed E-state index contributed by atoms with van der Waals surface area (Å²) in [6.45, 7) is 1.80. The summed E-state index contributed by atoms with van der Waals surface area (Å²) in [4.78, 5) is 13.8. The zero-order chi connectivity index (χ0) is 7.98. The van der Waals surface area contributed by atoms with E-state index in [0.29, 0.717) is 6.42 Å². The fourth-order valence-electron chi connectivity index (χ4n) is 0.611. The third-order valence-electron chi connectivity index (χ3n) is 1.39. The van der Waals surface area contributed by atoms with Crippen LogP contribution in [0.4, 0.5) is 0 Å². The van der Waals surface area contributed by atoms with Crippen LogP contribution in [-0.2, 0) is 9.68 Å². The first kappa shape index (κ1) is 9.39. The monoisotopic (exact) mass is 148 g/mol.